The monoisotopic (exact) mass is 540 g/mol. The summed E-state index contributed by atoms with van der Waals surface area (Å²) in [7, 11) is -3.55. The Kier molecular flexibility index (Phi) is 8.10. The molecule has 0 unspecified atom stereocenters. The molecule has 0 atom stereocenters. The van der Waals surface area contributed by atoms with Crippen LogP contribution in [-0.4, -0.2) is 16.1 Å². The van der Waals surface area contributed by atoms with Gasteiger partial charge in [0.1, 0.15) is 0 Å². The zero-order valence-electron chi connectivity index (χ0n) is 26.2. The van der Waals surface area contributed by atoms with Crippen molar-refractivity contribution < 1.29 is 0 Å². The van der Waals surface area contributed by atoms with Gasteiger partial charge >= 0.3 is 0 Å². The van der Waals surface area contributed by atoms with Crippen molar-refractivity contribution in [3.8, 4) is 0 Å². The fourth-order valence-corrected chi connectivity index (χ4v) is 23.4. The molecular formula is C36H52Si2. The summed E-state index contributed by atoms with van der Waals surface area (Å²) in [5, 5.41) is 12.0. The van der Waals surface area contributed by atoms with Crippen LogP contribution in [0.1, 0.15) is 83.1 Å². The molecule has 0 bridgehead atoms. The Morgan fingerprint density at radius 3 is 0.816 bits per heavy atom. The maximum Gasteiger partial charge on any atom is 0.0950 e. The summed E-state index contributed by atoms with van der Waals surface area (Å²) in [6.07, 6.45) is 0. The first-order valence-corrected chi connectivity index (χ1v) is 19.7. The molecule has 0 nitrogen and oxygen atoms in total. The van der Waals surface area contributed by atoms with Gasteiger partial charge in [-0.1, -0.05) is 154 Å². The standard InChI is InChI=1S/C36H52Si2/c1-23(2)37(24(3)4,25(5)6)35-17-13-15-29-31-20-22-34-30(32(31)19-21-33(29)35)16-14-18-36(34)38(26(7)8,27(9)10)28(11)12/h13-28H,1-12H3. The molecule has 0 aromatic heterocycles. The Labute approximate surface area is 235 Å². The second kappa shape index (κ2) is 10.6. The van der Waals surface area contributed by atoms with Crippen LogP contribution in [0.2, 0.25) is 33.2 Å². The molecule has 4 rings (SSSR count). The van der Waals surface area contributed by atoms with E-state index in [1.807, 2.05) is 0 Å². The first-order valence-electron chi connectivity index (χ1n) is 15.2. The van der Waals surface area contributed by atoms with Gasteiger partial charge in [0.15, 0.2) is 0 Å². The normalized spacial score (nSPS) is 13.6. The highest BCUT2D eigenvalue weighted by Crippen LogP contribution is 2.45. The van der Waals surface area contributed by atoms with E-state index in [-0.39, 0.29) is 0 Å². The van der Waals surface area contributed by atoms with Gasteiger partial charge < -0.3 is 0 Å². The summed E-state index contributed by atoms with van der Waals surface area (Å²) >= 11 is 0. The summed E-state index contributed by atoms with van der Waals surface area (Å²) in [6.45, 7) is 29.8. The summed E-state index contributed by atoms with van der Waals surface area (Å²) in [5.74, 6) is 0. The fraction of sp³-hybridized carbons (Fsp3) is 0.500. The van der Waals surface area contributed by atoms with Gasteiger partial charge in [-0.2, -0.15) is 0 Å². The number of hydrogen-bond acceptors (Lipinski definition) is 0. The molecular weight excluding hydrogens is 489 g/mol. The predicted molar refractivity (Wildman–Crippen MR) is 180 cm³/mol. The molecule has 0 radical (unpaired) electrons. The van der Waals surface area contributed by atoms with E-state index in [0.29, 0.717) is 33.2 Å². The van der Waals surface area contributed by atoms with E-state index in [2.05, 4.69) is 144 Å². The van der Waals surface area contributed by atoms with Crippen molar-refractivity contribution in [1.82, 2.24) is 0 Å². The quantitative estimate of drug-likeness (QED) is 0.154. The van der Waals surface area contributed by atoms with Crippen LogP contribution in [-0.2, 0) is 0 Å². The highest BCUT2D eigenvalue weighted by molar-refractivity contribution is 6.97. The van der Waals surface area contributed by atoms with Crippen LogP contribution in [0.4, 0.5) is 0 Å². The molecule has 0 N–H and O–H groups in total. The fourth-order valence-electron chi connectivity index (χ4n) is 9.56. The van der Waals surface area contributed by atoms with Gasteiger partial charge in [0.25, 0.3) is 0 Å². The van der Waals surface area contributed by atoms with Crippen molar-refractivity contribution in [2.24, 2.45) is 0 Å². The summed E-state index contributed by atoms with van der Waals surface area (Å²) in [6, 6.07) is 24.3. The van der Waals surface area contributed by atoms with Gasteiger partial charge in [-0.15, -0.1) is 0 Å². The average molecular weight is 541 g/mol. The van der Waals surface area contributed by atoms with E-state index in [1.54, 1.807) is 10.4 Å². The van der Waals surface area contributed by atoms with Crippen molar-refractivity contribution in [2.75, 3.05) is 0 Å². The highest BCUT2D eigenvalue weighted by atomic mass is 28.3. The SMILES string of the molecule is CC(C)[Si](c1cccc2c1ccc1c3cccc([Si](C(C)C)(C(C)C)C(C)C)c3ccc21)(C(C)C)C(C)C. The van der Waals surface area contributed by atoms with Crippen molar-refractivity contribution in [3.63, 3.8) is 0 Å². The summed E-state index contributed by atoms with van der Waals surface area (Å²) < 4.78 is 0. The lowest BCUT2D eigenvalue weighted by Gasteiger charge is -2.44. The smallest absolute Gasteiger partial charge is 0.0648 e. The Hall–Kier alpha value is -1.91. The number of rotatable bonds is 8. The summed E-state index contributed by atoms with van der Waals surface area (Å²) in [4.78, 5) is 0. The van der Waals surface area contributed by atoms with Gasteiger partial charge in [0.05, 0.1) is 16.1 Å². The molecule has 0 fully saturated rings. The van der Waals surface area contributed by atoms with Crippen molar-refractivity contribution in [1.29, 1.82) is 0 Å². The first kappa shape index (κ1) is 29.1. The van der Waals surface area contributed by atoms with Gasteiger partial charge in [0.2, 0.25) is 0 Å². The van der Waals surface area contributed by atoms with Gasteiger partial charge in [-0.25, -0.2) is 0 Å². The third-order valence-corrected chi connectivity index (χ3v) is 24.8. The average Bonchev–Trinajstić information content (AvgIpc) is 2.83. The Morgan fingerprint density at radius 1 is 0.316 bits per heavy atom. The lowest BCUT2D eigenvalue weighted by Crippen LogP contribution is -2.55. The molecule has 0 aliphatic carbocycles. The van der Waals surface area contributed by atoms with Crippen LogP contribution in [0.5, 0.6) is 0 Å². The molecule has 38 heavy (non-hydrogen) atoms. The molecule has 4 aromatic carbocycles. The lowest BCUT2D eigenvalue weighted by molar-refractivity contribution is 0.835. The van der Waals surface area contributed by atoms with Crippen molar-refractivity contribution in [2.45, 2.75) is 116 Å². The number of benzene rings is 4. The maximum absolute atomic E-state index is 2.48. The van der Waals surface area contributed by atoms with Crippen LogP contribution < -0.4 is 10.4 Å². The Bertz CT molecular complexity index is 1280. The van der Waals surface area contributed by atoms with Crippen molar-refractivity contribution in [3.05, 3.63) is 60.7 Å². The predicted octanol–water partition coefficient (Wildman–Crippen LogP) is 10.9. The second-order valence-electron chi connectivity index (χ2n) is 13.8. The molecule has 4 aromatic rings. The van der Waals surface area contributed by atoms with E-state index in [0.717, 1.165) is 0 Å². The zero-order valence-corrected chi connectivity index (χ0v) is 28.2. The Morgan fingerprint density at radius 2 is 0.553 bits per heavy atom. The van der Waals surface area contributed by atoms with Gasteiger partial charge in [-0.05, 0) is 65.6 Å². The molecule has 0 heterocycles. The number of hydrogen-bond donors (Lipinski definition) is 0. The maximum atomic E-state index is 2.48. The topological polar surface area (TPSA) is 0 Å². The third kappa shape index (κ3) is 4.04. The molecule has 204 valence electrons. The van der Waals surface area contributed by atoms with E-state index < -0.39 is 16.1 Å². The van der Waals surface area contributed by atoms with Gasteiger partial charge in [-0.3, -0.25) is 0 Å². The first-order chi connectivity index (χ1) is 17.8. The van der Waals surface area contributed by atoms with Crippen LogP contribution in [0.15, 0.2) is 60.7 Å². The van der Waals surface area contributed by atoms with E-state index >= 15 is 0 Å². The van der Waals surface area contributed by atoms with Crippen LogP contribution in [0, 0.1) is 0 Å². The molecule has 0 saturated carbocycles. The summed E-state index contributed by atoms with van der Waals surface area (Å²) in [5.41, 5.74) is 4.19. The largest absolute Gasteiger partial charge is 0.0950 e. The van der Waals surface area contributed by atoms with Crippen LogP contribution in [0.3, 0.4) is 0 Å². The van der Waals surface area contributed by atoms with Crippen molar-refractivity contribution >= 4 is 58.8 Å². The minimum atomic E-state index is -1.78. The number of fused-ring (bicyclic) bond motifs is 5. The van der Waals surface area contributed by atoms with Gasteiger partial charge in [0, 0.05) is 0 Å². The third-order valence-electron chi connectivity index (χ3n) is 10.6. The second-order valence-corrected chi connectivity index (χ2v) is 25.6. The molecule has 0 saturated heterocycles. The molecule has 0 aliphatic heterocycles. The van der Waals surface area contributed by atoms with E-state index in [4.69, 9.17) is 0 Å². The Balaban J connectivity index is 2.10. The van der Waals surface area contributed by atoms with Crippen LogP contribution >= 0.6 is 0 Å². The highest BCUT2D eigenvalue weighted by Gasteiger charge is 2.46. The van der Waals surface area contributed by atoms with E-state index in [9.17, 15) is 0 Å². The molecule has 2 heteroatoms. The molecule has 0 amide bonds. The lowest BCUT2D eigenvalue weighted by atomic mass is 9.97. The van der Waals surface area contributed by atoms with Crippen LogP contribution in [0.25, 0.3) is 32.3 Å². The van der Waals surface area contributed by atoms with E-state index in [1.165, 1.54) is 32.3 Å². The minimum absolute atomic E-state index is 0.698. The molecule has 0 aliphatic rings. The molecule has 0 spiro atoms. The minimum Gasteiger partial charge on any atom is -0.0648 e. The zero-order chi connectivity index (χ0) is 28.2.